The Hall–Kier alpha value is -0.890. The minimum atomic E-state index is -0.462. The largest absolute Gasteiger partial charge is 0.299 e. The average Bonchev–Trinajstić information content (AvgIpc) is 2.83. The van der Waals surface area contributed by atoms with E-state index in [9.17, 15) is 9.18 Å². The van der Waals surface area contributed by atoms with Crippen molar-refractivity contribution in [3.63, 3.8) is 0 Å². The first-order valence-electron chi connectivity index (χ1n) is 5.37. The van der Waals surface area contributed by atoms with Crippen molar-refractivity contribution in [1.82, 2.24) is 0 Å². The summed E-state index contributed by atoms with van der Waals surface area (Å²) in [6.45, 7) is 4.12. The molecule has 0 amide bonds. The molecule has 2 rings (SSSR count). The normalized spacial score (nSPS) is 21.9. The van der Waals surface area contributed by atoms with E-state index >= 15 is 0 Å². The molecule has 1 aliphatic carbocycles. The summed E-state index contributed by atoms with van der Waals surface area (Å²) >= 11 is 5.66. The molecule has 16 heavy (non-hydrogen) atoms. The minimum Gasteiger partial charge on any atom is -0.299 e. The number of Topliss-reactive ketones (excluding diaryl/α,β-unsaturated/α-hetero) is 1. The van der Waals surface area contributed by atoms with Gasteiger partial charge in [0, 0.05) is 12.3 Å². The van der Waals surface area contributed by atoms with Crippen LogP contribution in [0.3, 0.4) is 0 Å². The van der Waals surface area contributed by atoms with Crippen LogP contribution in [0.25, 0.3) is 0 Å². The molecule has 1 atom stereocenters. The van der Waals surface area contributed by atoms with Gasteiger partial charge in [-0.25, -0.2) is 4.39 Å². The molecule has 3 heteroatoms. The van der Waals surface area contributed by atoms with E-state index in [1.54, 1.807) is 12.1 Å². The molecule has 1 unspecified atom stereocenters. The lowest BCUT2D eigenvalue weighted by Crippen LogP contribution is -2.10. The zero-order valence-corrected chi connectivity index (χ0v) is 10.1. The van der Waals surface area contributed by atoms with Crippen molar-refractivity contribution in [3.8, 4) is 0 Å². The van der Waals surface area contributed by atoms with Gasteiger partial charge in [-0.1, -0.05) is 37.6 Å². The Kier molecular flexibility index (Phi) is 2.79. The van der Waals surface area contributed by atoms with Crippen LogP contribution in [-0.4, -0.2) is 5.78 Å². The number of carbonyl (C=O) groups is 1. The highest BCUT2D eigenvalue weighted by Crippen LogP contribution is 2.52. The lowest BCUT2D eigenvalue weighted by molar-refractivity contribution is -0.120. The van der Waals surface area contributed by atoms with E-state index in [0.29, 0.717) is 5.56 Å². The van der Waals surface area contributed by atoms with Crippen molar-refractivity contribution >= 4 is 17.4 Å². The monoisotopic (exact) mass is 240 g/mol. The fourth-order valence-electron chi connectivity index (χ4n) is 2.01. The highest BCUT2D eigenvalue weighted by Gasteiger charge is 2.49. The Bertz CT molecular complexity index is 440. The second kappa shape index (κ2) is 3.85. The first-order valence-corrected chi connectivity index (χ1v) is 5.75. The van der Waals surface area contributed by atoms with Gasteiger partial charge in [-0.3, -0.25) is 4.79 Å². The lowest BCUT2D eigenvalue weighted by atomic mass is 10.0. The van der Waals surface area contributed by atoms with Gasteiger partial charge in [-0.15, -0.1) is 0 Å². The maximum absolute atomic E-state index is 13.6. The van der Waals surface area contributed by atoms with Crippen LogP contribution in [-0.2, 0) is 11.2 Å². The van der Waals surface area contributed by atoms with Crippen molar-refractivity contribution in [2.24, 2.45) is 11.3 Å². The molecule has 1 aliphatic rings. The molecule has 1 aromatic rings. The zero-order chi connectivity index (χ0) is 11.9. The standard InChI is InChI=1S/C13H14ClFO/c1-13(2)7-9(13)11(16)6-8-4-3-5-10(14)12(8)15/h3-5,9H,6-7H2,1-2H3. The Morgan fingerprint density at radius 1 is 1.56 bits per heavy atom. The Morgan fingerprint density at radius 2 is 2.19 bits per heavy atom. The van der Waals surface area contributed by atoms with Crippen LogP contribution in [0.2, 0.25) is 5.02 Å². The van der Waals surface area contributed by atoms with Gasteiger partial charge in [0.2, 0.25) is 0 Å². The van der Waals surface area contributed by atoms with Gasteiger partial charge in [0.15, 0.2) is 0 Å². The van der Waals surface area contributed by atoms with Crippen LogP contribution in [0.1, 0.15) is 25.8 Å². The summed E-state index contributed by atoms with van der Waals surface area (Å²) < 4.78 is 13.6. The Balaban J connectivity index is 2.10. The summed E-state index contributed by atoms with van der Waals surface area (Å²) in [5, 5.41) is 0.0837. The average molecular weight is 241 g/mol. The predicted molar refractivity (Wildman–Crippen MR) is 62.0 cm³/mol. The number of ketones is 1. The minimum absolute atomic E-state index is 0.0837. The Labute approximate surface area is 99.6 Å². The topological polar surface area (TPSA) is 17.1 Å². The van der Waals surface area contributed by atoms with Crippen LogP contribution < -0.4 is 0 Å². The highest BCUT2D eigenvalue weighted by atomic mass is 35.5. The number of halogens is 2. The van der Waals surface area contributed by atoms with Crippen molar-refractivity contribution in [2.75, 3.05) is 0 Å². The number of carbonyl (C=O) groups excluding carboxylic acids is 1. The fraction of sp³-hybridized carbons (Fsp3) is 0.462. The second-order valence-corrected chi connectivity index (χ2v) is 5.51. The van der Waals surface area contributed by atoms with Gasteiger partial charge in [0.1, 0.15) is 11.6 Å². The maximum Gasteiger partial charge on any atom is 0.145 e. The van der Waals surface area contributed by atoms with Crippen LogP contribution in [0.15, 0.2) is 18.2 Å². The molecule has 0 aromatic heterocycles. The summed E-state index contributed by atoms with van der Waals surface area (Å²) in [5.41, 5.74) is 0.506. The van der Waals surface area contributed by atoms with E-state index in [1.807, 2.05) is 0 Å². The molecule has 0 heterocycles. The second-order valence-electron chi connectivity index (χ2n) is 5.10. The molecule has 1 fully saturated rings. The Morgan fingerprint density at radius 3 is 2.75 bits per heavy atom. The van der Waals surface area contributed by atoms with Crippen LogP contribution in [0.5, 0.6) is 0 Å². The van der Waals surface area contributed by atoms with Gasteiger partial charge >= 0.3 is 0 Å². The van der Waals surface area contributed by atoms with Crippen LogP contribution in [0, 0.1) is 17.2 Å². The van der Waals surface area contributed by atoms with E-state index in [0.717, 1.165) is 6.42 Å². The summed E-state index contributed by atoms with van der Waals surface area (Å²) in [5.74, 6) is -0.256. The van der Waals surface area contributed by atoms with Gasteiger partial charge in [0.25, 0.3) is 0 Å². The van der Waals surface area contributed by atoms with Crippen molar-refractivity contribution in [1.29, 1.82) is 0 Å². The maximum atomic E-state index is 13.6. The van der Waals surface area contributed by atoms with Gasteiger partial charge in [-0.05, 0) is 23.5 Å². The fourth-order valence-corrected chi connectivity index (χ4v) is 2.21. The number of rotatable bonds is 3. The number of hydrogen-bond acceptors (Lipinski definition) is 1. The molecular formula is C13H14ClFO. The van der Waals surface area contributed by atoms with E-state index in [1.165, 1.54) is 6.07 Å². The molecule has 0 N–H and O–H groups in total. The van der Waals surface area contributed by atoms with E-state index in [4.69, 9.17) is 11.6 Å². The quantitative estimate of drug-likeness (QED) is 0.789. The summed E-state index contributed by atoms with van der Waals surface area (Å²) in [4.78, 5) is 11.8. The van der Waals surface area contributed by atoms with Gasteiger partial charge in [0.05, 0.1) is 5.02 Å². The molecule has 0 bridgehead atoms. The van der Waals surface area contributed by atoms with Gasteiger partial charge < -0.3 is 0 Å². The smallest absolute Gasteiger partial charge is 0.145 e. The lowest BCUT2D eigenvalue weighted by Gasteiger charge is -2.05. The van der Waals surface area contributed by atoms with Crippen molar-refractivity contribution < 1.29 is 9.18 Å². The first-order chi connectivity index (χ1) is 7.42. The molecule has 1 aromatic carbocycles. The molecule has 1 saturated carbocycles. The van der Waals surface area contributed by atoms with Crippen molar-refractivity contribution in [3.05, 3.63) is 34.6 Å². The number of hydrogen-bond donors (Lipinski definition) is 0. The molecule has 0 radical (unpaired) electrons. The van der Waals surface area contributed by atoms with Gasteiger partial charge in [-0.2, -0.15) is 0 Å². The summed E-state index contributed by atoms with van der Waals surface area (Å²) in [7, 11) is 0. The molecule has 0 saturated heterocycles. The van der Waals surface area contributed by atoms with Crippen LogP contribution in [0.4, 0.5) is 4.39 Å². The third kappa shape index (κ3) is 2.12. The highest BCUT2D eigenvalue weighted by molar-refractivity contribution is 6.30. The third-order valence-corrected chi connectivity index (χ3v) is 3.59. The predicted octanol–water partition coefficient (Wildman–Crippen LogP) is 3.64. The summed E-state index contributed by atoms with van der Waals surface area (Å²) in [6.07, 6.45) is 1.06. The number of benzene rings is 1. The van der Waals surface area contributed by atoms with E-state index < -0.39 is 5.82 Å². The third-order valence-electron chi connectivity index (χ3n) is 3.30. The van der Waals surface area contributed by atoms with E-state index in [2.05, 4.69) is 13.8 Å². The first kappa shape index (κ1) is 11.6. The molecule has 1 nitrogen and oxygen atoms in total. The molecule has 86 valence electrons. The summed E-state index contributed by atoms with van der Waals surface area (Å²) in [6, 6.07) is 4.78. The SMILES string of the molecule is CC1(C)CC1C(=O)Cc1cccc(Cl)c1F. The van der Waals surface area contributed by atoms with Crippen LogP contribution >= 0.6 is 11.6 Å². The molecule has 0 spiro atoms. The zero-order valence-electron chi connectivity index (χ0n) is 9.39. The molecular weight excluding hydrogens is 227 g/mol. The molecule has 0 aliphatic heterocycles. The van der Waals surface area contributed by atoms with Crippen molar-refractivity contribution in [2.45, 2.75) is 26.7 Å². The van der Waals surface area contributed by atoms with E-state index in [-0.39, 0.29) is 28.6 Å².